The average molecular weight is 266 g/mol. The minimum absolute atomic E-state index is 0.106. The van der Waals surface area contributed by atoms with E-state index in [9.17, 15) is 4.39 Å². The molecule has 2 nitrogen and oxygen atoms in total. The minimum atomic E-state index is -0.112. The van der Waals surface area contributed by atoms with Gasteiger partial charge in [-0.1, -0.05) is 32.0 Å². The molecule has 1 aromatic carbocycles. The van der Waals surface area contributed by atoms with Gasteiger partial charge in [-0.25, -0.2) is 4.39 Å². The molecule has 1 N–H and O–H groups in total. The Bertz CT molecular complexity index is 368. The SMILES string of the molecule is CCCNCC(C)CN(C)C(C)c1ccccc1F. The molecule has 0 aromatic heterocycles. The van der Waals surface area contributed by atoms with Gasteiger partial charge >= 0.3 is 0 Å². The molecular formula is C16H27FN2. The van der Waals surface area contributed by atoms with E-state index >= 15 is 0 Å². The molecule has 0 fully saturated rings. The number of benzene rings is 1. The third-order valence-corrected chi connectivity index (χ3v) is 3.54. The quantitative estimate of drug-likeness (QED) is 0.725. The molecule has 0 radical (unpaired) electrons. The largest absolute Gasteiger partial charge is 0.316 e. The highest BCUT2D eigenvalue weighted by Gasteiger charge is 2.16. The van der Waals surface area contributed by atoms with Crippen LogP contribution in [0.2, 0.25) is 0 Å². The van der Waals surface area contributed by atoms with E-state index in [1.807, 2.05) is 12.1 Å². The Balaban J connectivity index is 2.48. The predicted octanol–water partition coefficient (Wildman–Crippen LogP) is 3.45. The van der Waals surface area contributed by atoms with Crippen molar-refractivity contribution in [1.82, 2.24) is 10.2 Å². The lowest BCUT2D eigenvalue weighted by Crippen LogP contribution is -2.33. The standard InChI is InChI=1S/C16H27FN2/c1-5-10-18-11-13(2)12-19(4)14(3)15-8-6-7-9-16(15)17/h6-9,13-14,18H,5,10-12H2,1-4H3. The monoisotopic (exact) mass is 266 g/mol. The van der Waals surface area contributed by atoms with Crippen molar-refractivity contribution >= 4 is 0 Å². The van der Waals surface area contributed by atoms with Crippen molar-refractivity contribution in [2.45, 2.75) is 33.2 Å². The van der Waals surface area contributed by atoms with Gasteiger partial charge < -0.3 is 5.32 Å². The van der Waals surface area contributed by atoms with Crippen molar-refractivity contribution in [3.8, 4) is 0 Å². The van der Waals surface area contributed by atoms with Crippen LogP contribution in [0.1, 0.15) is 38.8 Å². The second-order valence-corrected chi connectivity index (χ2v) is 5.45. The van der Waals surface area contributed by atoms with Crippen LogP contribution in [-0.4, -0.2) is 31.6 Å². The van der Waals surface area contributed by atoms with Crippen molar-refractivity contribution in [3.63, 3.8) is 0 Å². The topological polar surface area (TPSA) is 15.3 Å². The van der Waals surface area contributed by atoms with E-state index < -0.39 is 0 Å². The van der Waals surface area contributed by atoms with Crippen LogP contribution in [-0.2, 0) is 0 Å². The molecular weight excluding hydrogens is 239 g/mol. The Kier molecular flexibility index (Phi) is 7.03. The van der Waals surface area contributed by atoms with Crippen LogP contribution in [0, 0.1) is 11.7 Å². The molecule has 0 aliphatic rings. The lowest BCUT2D eigenvalue weighted by atomic mass is 10.0. The molecule has 1 aromatic rings. The van der Waals surface area contributed by atoms with Crippen LogP contribution in [0.4, 0.5) is 4.39 Å². The van der Waals surface area contributed by atoms with E-state index in [-0.39, 0.29) is 11.9 Å². The number of rotatable bonds is 8. The first-order valence-electron chi connectivity index (χ1n) is 7.21. The number of nitrogens with zero attached hydrogens (tertiary/aromatic N) is 1. The maximum atomic E-state index is 13.7. The van der Waals surface area contributed by atoms with Crippen molar-refractivity contribution < 1.29 is 4.39 Å². The lowest BCUT2D eigenvalue weighted by Gasteiger charge is -2.28. The van der Waals surface area contributed by atoms with Crippen LogP contribution in [0.5, 0.6) is 0 Å². The zero-order valence-corrected chi connectivity index (χ0v) is 12.6. The summed E-state index contributed by atoms with van der Waals surface area (Å²) in [6, 6.07) is 7.15. The zero-order valence-electron chi connectivity index (χ0n) is 12.6. The van der Waals surface area contributed by atoms with Gasteiger partial charge in [0.2, 0.25) is 0 Å². The van der Waals surface area contributed by atoms with Gasteiger partial charge in [-0.2, -0.15) is 0 Å². The number of hydrogen-bond acceptors (Lipinski definition) is 2. The first-order valence-corrected chi connectivity index (χ1v) is 7.21. The second kappa shape index (κ2) is 8.28. The van der Waals surface area contributed by atoms with E-state index in [0.717, 1.165) is 31.6 Å². The Morgan fingerprint density at radius 1 is 1.26 bits per heavy atom. The maximum absolute atomic E-state index is 13.7. The Labute approximate surface area is 117 Å². The van der Waals surface area contributed by atoms with Crippen molar-refractivity contribution in [2.24, 2.45) is 5.92 Å². The van der Waals surface area contributed by atoms with Crippen LogP contribution in [0.15, 0.2) is 24.3 Å². The zero-order chi connectivity index (χ0) is 14.3. The Hall–Kier alpha value is -0.930. The molecule has 0 amide bonds. The molecule has 1 rings (SSSR count). The molecule has 108 valence electrons. The van der Waals surface area contributed by atoms with Crippen LogP contribution < -0.4 is 5.32 Å². The van der Waals surface area contributed by atoms with Gasteiger partial charge in [-0.05, 0) is 45.5 Å². The van der Waals surface area contributed by atoms with E-state index in [4.69, 9.17) is 0 Å². The fraction of sp³-hybridized carbons (Fsp3) is 0.625. The lowest BCUT2D eigenvalue weighted by molar-refractivity contribution is 0.220. The molecule has 0 aliphatic carbocycles. The highest BCUT2D eigenvalue weighted by atomic mass is 19.1. The minimum Gasteiger partial charge on any atom is -0.316 e. The molecule has 0 spiro atoms. The second-order valence-electron chi connectivity index (χ2n) is 5.45. The smallest absolute Gasteiger partial charge is 0.127 e. The van der Waals surface area contributed by atoms with Gasteiger partial charge in [-0.15, -0.1) is 0 Å². The maximum Gasteiger partial charge on any atom is 0.127 e. The summed E-state index contributed by atoms with van der Waals surface area (Å²) < 4.78 is 13.7. The fourth-order valence-electron chi connectivity index (χ4n) is 2.29. The van der Waals surface area contributed by atoms with Gasteiger partial charge in [0.05, 0.1) is 0 Å². The van der Waals surface area contributed by atoms with Gasteiger partial charge in [0.1, 0.15) is 5.82 Å². The summed E-state index contributed by atoms with van der Waals surface area (Å²) in [4.78, 5) is 2.22. The molecule has 0 aliphatic heterocycles. The van der Waals surface area contributed by atoms with Crippen LogP contribution in [0.25, 0.3) is 0 Å². The number of hydrogen-bond donors (Lipinski definition) is 1. The van der Waals surface area contributed by atoms with E-state index in [0.29, 0.717) is 5.92 Å². The Morgan fingerprint density at radius 2 is 1.95 bits per heavy atom. The molecule has 2 atom stereocenters. The third-order valence-electron chi connectivity index (χ3n) is 3.54. The molecule has 0 saturated carbocycles. The van der Waals surface area contributed by atoms with Gasteiger partial charge in [-0.3, -0.25) is 4.90 Å². The summed E-state index contributed by atoms with van der Waals surface area (Å²) >= 11 is 0. The van der Waals surface area contributed by atoms with Crippen LogP contribution in [0.3, 0.4) is 0 Å². The molecule has 19 heavy (non-hydrogen) atoms. The van der Waals surface area contributed by atoms with Crippen molar-refractivity contribution in [1.29, 1.82) is 0 Å². The van der Waals surface area contributed by atoms with Crippen LogP contribution >= 0.6 is 0 Å². The predicted molar refractivity (Wildman–Crippen MR) is 79.8 cm³/mol. The Morgan fingerprint density at radius 3 is 2.58 bits per heavy atom. The summed E-state index contributed by atoms with van der Waals surface area (Å²) in [6.45, 7) is 9.51. The summed E-state index contributed by atoms with van der Waals surface area (Å²) in [5.74, 6) is 0.449. The highest BCUT2D eigenvalue weighted by molar-refractivity contribution is 5.20. The van der Waals surface area contributed by atoms with Gasteiger partial charge in [0, 0.05) is 18.2 Å². The molecule has 2 unspecified atom stereocenters. The summed E-state index contributed by atoms with van der Waals surface area (Å²) in [7, 11) is 2.06. The fourth-order valence-corrected chi connectivity index (χ4v) is 2.29. The summed E-state index contributed by atoms with van der Waals surface area (Å²) in [5, 5.41) is 3.43. The first-order chi connectivity index (χ1) is 9.06. The summed E-state index contributed by atoms with van der Waals surface area (Å²) in [5.41, 5.74) is 0.777. The number of nitrogens with one attached hydrogen (secondary N) is 1. The average Bonchev–Trinajstić information content (AvgIpc) is 2.38. The normalized spacial score (nSPS) is 14.6. The molecule has 0 heterocycles. The molecule has 0 saturated heterocycles. The van der Waals surface area contributed by atoms with E-state index in [2.05, 4.69) is 38.0 Å². The van der Waals surface area contributed by atoms with Crippen molar-refractivity contribution in [3.05, 3.63) is 35.6 Å². The molecule has 0 bridgehead atoms. The van der Waals surface area contributed by atoms with E-state index in [1.165, 1.54) is 6.07 Å². The van der Waals surface area contributed by atoms with Gasteiger partial charge in [0.25, 0.3) is 0 Å². The number of halogens is 1. The highest BCUT2D eigenvalue weighted by Crippen LogP contribution is 2.22. The van der Waals surface area contributed by atoms with Crippen molar-refractivity contribution in [2.75, 3.05) is 26.7 Å². The summed E-state index contributed by atoms with van der Waals surface area (Å²) in [6.07, 6.45) is 1.16. The van der Waals surface area contributed by atoms with E-state index in [1.54, 1.807) is 6.07 Å². The third kappa shape index (κ3) is 5.29. The first kappa shape index (κ1) is 16.1. The molecule has 3 heteroatoms. The van der Waals surface area contributed by atoms with Gasteiger partial charge in [0.15, 0.2) is 0 Å².